The van der Waals surface area contributed by atoms with Crippen LogP contribution in [0.4, 0.5) is 0 Å². The van der Waals surface area contributed by atoms with Crippen LogP contribution in [0.3, 0.4) is 0 Å². The molecule has 3 heterocycles. The highest BCUT2D eigenvalue weighted by atomic mass is 16.5. The molecule has 1 fully saturated rings. The van der Waals surface area contributed by atoms with Crippen LogP contribution in [0.15, 0.2) is 75.8 Å². The molecule has 0 saturated heterocycles. The average Bonchev–Trinajstić information content (AvgIpc) is 3.60. The lowest BCUT2D eigenvalue weighted by Gasteiger charge is -2.10. The Bertz CT molecular complexity index is 1600. The average molecular weight is 540 g/mol. The summed E-state index contributed by atoms with van der Waals surface area (Å²) >= 11 is 0. The maximum atomic E-state index is 12.1. The van der Waals surface area contributed by atoms with Gasteiger partial charge in [0.15, 0.2) is 5.76 Å². The highest BCUT2D eigenvalue weighted by Gasteiger charge is 2.32. The number of pyridine rings is 1. The second-order valence-electron chi connectivity index (χ2n) is 10.0. The summed E-state index contributed by atoms with van der Waals surface area (Å²) in [5.74, 6) is 2.91. The first kappa shape index (κ1) is 26.0. The molecule has 0 atom stereocenters. The molecule has 1 aliphatic carbocycles. The molecule has 5 aromatic rings. The minimum absolute atomic E-state index is 0.225. The number of furan rings is 2. The molecule has 40 heavy (non-hydrogen) atoms. The lowest BCUT2D eigenvalue weighted by atomic mass is 10.1. The molecular formula is C32H33N3O5. The zero-order valence-electron chi connectivity index (χ0n) is 22.6. The number of carbonyl (C=O) groups is 1. The van der Waals surface area contributed by atoms with Gasteiger partial charge in [0.05, 0.1) is 12.0 Å². The van der Waals surface area contributed by atoms with Crippen molar-refractivity contribution in [1.82, 2.24) is 15.6 Å². The highest BCUT2D eigenvalue weighted by molar-refractivity contribution is 5.96. The fraction of sp³-hybridized carbons (Fsp3) is 0.312. The maximum absolute atomic E-state index is 12.1. The normalized spacial score (nSPS) is 13.1. The van der Waals surface area contributed by atoms with Crippen LogP contribution in [-0.2, 0) is 13.2 Å². The van der Waals surface area contributed by atoms with Gasteiger partial charge in [-0.1, -0.05) is 12.1 Å². The summed E-state index contributed by atoms with van der Waals surface area (Å²) < 4.78 is 24.4. The summed E-state index contributed by atoms with van der Waals surface area (Å²) in [7, 11) is 0. The zero-order chi connectivity index (χ0) is 27.3. The molecule has 0 aliphatic heterocycles. The van der Waals surface area contributed by atoms with E-state index in [1.54, 1.807) is 12.3 Å². The Labute approximate surface area is 232 Å². The van der Waals surface area contributed by atoms with E-state index in [1.165, 1.54) is 11.1 Å². The van der Waals surface area contributed by atoms with Crippen molar-refractivity contribution in [3.05, 3.63) is 89.6 Å². The van der Waals surface area contributed by atoms with E-state index in [9.17, 15) is 4.79 Å². The number of nitrogens with zero attached hydrogens (tertiary/aromatic N) is 1. The molecule has 0 spiro atoms. The summed E-state index contributed by atoms with van der Waals surface area (Å²) in [4.78, 5) is 16.3. The Kier molecular flexibility index (Phi) is 7.68. The summed E-state index contributed by atoms with van der Waals surface area (Å²) in [6.07, 6.45) is 6.83. The SMILES string of the molecule is CCNC(=O)c1cc2cc(OCc3oc4cccc(OCCCNCc5cccnc5)c4c3C3CC3)ccc2o1. The van der Waals surface area contributed by atoms with E-state index in [0.717, 1.165) is 60.2 Å². The fourth-order valence-electron chi connectivity index (χ4n) is 4.95. The minimum atomic E-state index is -0.225. The lowest BCUT2D eigenvalue weighted by molar-refractivity contribution is 0.0930. The molecule has 2 aromatic carbocycles. The van der Waals surface area contributed by atoms with Gasteiger partial charge in [-0.2, -0.15) is 0 Å². The van der Waals surface area contributed by atoms with E-state index in [1.807, 2.05) is 55.6 Å². The third kappa shape index (κ3) is 5.82. The van der Waals surface area contributed by atoms with Crippen LogP contribution in [0, 0.1) is 0 Å². The van der Waals surface area contributed by atoms with Gasteiger partial charge in [0.25, 0.3) is 5.91 Å². The summed E-state index contributed by atoms with van der Waals surface area (Å²) in [6.45, 7) is 5.00. The zero-order valence-corrected chi connectivity index (χ0v) is 22.6. The summed E-state index contributed by atoms with van der Waals surface area (Å²) in [6, 6.07) is 17.3. The van der Waals surface area contributed by atoms with E-state index >= 15 is 0 Å². The first-order valence-corrected chi connectivity index (χ1v) is 13.9. The molecule has 2 N–H and O–H groups in total. The van der Waals surface area contributed by atoms with Crippen molar-refractivity contribution in [1.29, 1.82) is 0 Å². The molecule has 1 amide bonds. The number of benzene rings is 2. The molecule has 6 rings (SSSR count). The van der Waals surface area contributed by atoms with Gasteiger partial charge in [0, 0.05) is 36.4 Å². The van der Waals surface area contributed by atoms with Crippen LogP contribution in [0.5, 0.6) is 11.5 Å². The fourth-order valence-corrected chi connectivity index (χ4v) is 4.95. The van der Waals surface area contributed by atoms with Crippen molar-refractivity contribution in [2.45, 2.75) is 45.3 Å². The molecule has 8 heteroatoms. The summed E-state index contributed by atoms with van der Waals surface area (Å²) in [5, 5.41) is 8.08. The lowest BCUT2D eigenvalue weighted by Crippen LogP contribution is -2.21. The van der Waals surface area contributed by atoms with Gasteiger partial charge < -0.3 is 28.9 Å². The van der Waals surface area contributed by atoms with E-state index in [0.29, 0.717) is 42.8 Å². The molecule has 1 aliphatic rings. The second kappa shape index (κ2) is 11.8. The van der Waals surface area contributed by atoms with Crippen molar-refractivity contribution >= 4 is 27.8 Å². The topological polar surface area (TPSA) is 98.8 Å². The number of rotatable bonds is 13. The monoisotopic (exact) mass is 539 g/mol. The summed E-state index contributed by atoms with van der Waals surface area (Å²) in [5.41, 5.74) is 3.84. The predicted molar refractivity (Wildman–Crippen MR) is 153 cm³/mol. The largest absolute Gasteiger partial charge is 0.493 e. The van der Waals surface area contributed by atoms with Crippen molar-refractivity contribution in [3.63, 3.8) is 0 Å². The number of nitrogens with one attached hydrogen (secondary N) is 2. The van der Waals surface area contributed by atoms with E-state index in [4.69, 9.17) is 18.3 Å². The molecule has 3 aromatic heterocycles. The van der Waals surface area contributed by atoms with Gasteiger partial charge in [0.1, 0.15) is 35.0 Å². The van der Waals surface area contributed by atoms with Crippen molar-refractivity contribution < 1.29 is 23.1 Å². The van der Waals surface area contributed by atoms with Crippen LogP contribution in [0.2, 0.25) is 0 Å². The van der Waals surface area contributed by atoms with Crippen LogP contribution in [-0.4, -0.2) is 30.6 Å². The Balaban J connectivity index is 1.12. The first-order chi connectivity index (χ1) is 19.7. The molecule has 0 unspecified atom stereocenters. The Morgan fingerprint density at radius 2 is 1.98 bits per heavy atom. The van der Waals surface area contributed by atoms with E-state index < -0.39 is 0 Å². The highest BCUT2D eigenvalue weighted by Crippen LogP contribution is 2.48. The number of ether oxygens (including phenoxy) is 2. The van der Waals surface area contributed by atoms with Gasteiger partial charge in [-0.05, 0) is 86.7 Å². The predicted octanol–water partition coefficient (Wildman–Crippen LogP) is 6.34. The third-order valence-corrected chi connectivity index (χ3v) is 7.00. The van der Waals surface area contributed by atoms with E-state index in [2.05, 4.69) is 21.7 Å². The number of hydrogen-bond acceptors (Lipinski definition) is 7. The number of amides is 1. The van der Waals surface area contributed by atoms with Crippen LogP contribution < -0.4 is 20.1 Å². The number of fused-ring (bicyclic) bond motifs is 2. The van der Waals surface area contributed by atoms with Gasteiger partial charge in [0.2, 0.25) is 0 Å². The Morgan fingerprint density at radius 1 is 1.05 bits per heavy atom. The molecule has 1 saturated carbocycles. The van der Waals surface area contributed by atoms with Crippen molar-refractivity contribution in [2.24, 2.45) is 0 Å². The molecular weight excluding hydrogens is 506 g/mol. The molecule has 8 nitrogen and oxygen atoms in total. The van der Waals surface area contributed by atoms with E-state index in [-0.39, 0.29) is 5.91 Å². The molecule has 206 valence electrons. The number of carbonyl (C=O) groups excluding carboxylic acids is 1. The van der Waals surface area contributed by atoms with Gasteiger partial charge in [-0.15, -0.1) is 0 Å². The Morgan fingerprint density at radius 3 is 2.80 bits per heavy atom. The van der Waals surface area contributed by atoms with Crippen LogP contribution in [0.1, 0.15) is 59.5 Å². The van der Waals surface area contributed by atoms with Gasteiger partial charge >= 0.3 is 0 Å². The number of aromatic nitrogens is 1. The van der Waals surface area contributed by atoms with Crippen molar-refractivity contribution in [2.75, 3.05) is 19.7 Å². The quantitative estimate of drug-likeness (QED) is 0.169. The van der Waals surface area contributed by atoms with Gasteiger partial charge in [-0.25, -0.2) is 0 Å². The molecule has 0 radical (unpaired) electrons. The third-order valence-electron chi connectivity index (χ3n) is 7.00. The van der Waals surface area contributed by atoms with Crippen LogP contribution >= 0.6 is 0 Å². The maximum Gasteiger partial charge on any atom is 0.287 e. The minimum Gasteiger partial charge on any atom is -0.493 e. The van der Waals surface area contributed by atoms with Crippen molar-refractivity contribution in [3.8, 4) is 11.5 Å². The number of hydrogen-bond donors (Lipinski definition) is 2. The van der Waals surface area contributed by atoms with Crippen LogP contribution in [0.25, 0.3) is 21.9 Å². The standard InChI is InChI=1S/C32H33N3O5/c1-2-35-32(36)28-17-23-16-24(11-12-25(23)39-28)38-20-29-30(22-9-10-22)31-26(7-3-8-27(31)40-29)37-15-5-14-34-19-21-6-4-13-33-18-21/h3-4,6-8,11-13,16-18,22,34H,2,5,9-10,14-15,19-20H2,1H3,(H,35,36). The Hall–Kier alpha value is -4.30. The molecule has 0 bridgehead atoms. The smallest absolute Gasteiger partial charge is 0.287 e. The first-order valence-electron chi connectivity index (χ1n) is 13.9. The second-order valence-corrected chi connectivity index (χ2v) is 10.0. The van der Waals surface area contributed by atoms with Gasteiger partial charge in [-0.3, -0.25) is 9.78 Å².